The van der Waals surface area contributed by atoms with Crippen molar-refractivity contribution in [1.82, 2.24) is 10.2 Å². The van der Waals surface area contributed by atoms with Gasteiger partial charge in [0.05, 0.1) is 5.56 Å². The maximum Gasteiger partial charge on any atom is 0.253 e. The number of nitrogen functional groups attached to an aromatic ring is 1. The molecule has 4 heteroatoms. The van der Waals surface area contributed by atoms with Gasteiger partial charge in [-0.05, 0) is 68.9 Å². The molecular weight excluding hydrogens is 346 g/mol. The number of piperidine rings is 2. The number of para-hydroxylation sites is 1. The van der Waals surface area contributed by atoms with Crippen LogP contribution in [0.4, 0.5) is 5.69 Å². The van der Waals surface area contributed by atoms with E-state index in [2.05, 4.69) is 10.2 Å². The standard InChI is InChI=1S/C24H35N3O/c25-23-10-2-1-9-22(23)24(28)26-18-14-19-7-4-8-20(15-18)27(19)21-12-16-5-3-6-17(11-16)13-21/h1-2,9-10,16-21H,3-8,11-15,25H2,(H,26,28). The van der Waals surface area contributed by atoms with Gasteiger partial charge in [0.15, 0.2) is 0 Å². The van der Waals surface area contributed by atoms with Crippen LogP contribution in [0.25, 0.3) is 0 Å². The Morgan fingerprint density at radius 1 is 0.857 bits per heavy atom. The molecule has 4 unspecified atom stereocenters. The molecule has 4 bridgehead atoms. The van der Waals surface area contributed by atoms with E-state index in [1.165, 1.54) is 57.8 Å². The van der Waals surface area contributed by atoms with E-state index in [0.29, 0.717) is 29.4 Å². The highest BCUT2D eigenvalue weighted by Gasteiger charge is 2.44. The number of rotatable bonds is 3. The minimum absolute atomic E-state index is 0.00169. The van der Waals surface area contributed by atoms with Crippen molar-refractivity contribution in [3.63, 3.8) is 0 Å². The van der Waals surface area contributed by atoms with E-state index in [-0.39, 0.29) is 5.91 Å². The molecule has 4 aliphatic rings. The lowest BCUT2D eigenvalue weighted by atomic mass is 9.68. The Balaban J connectivity index is 1.26. The fourth-order valence-corrected chi connectivity index (χ4v) is 7.04. The fraction of sp³-hybridized carbons (Fsp3) is 0.708. The minimum atomic E-state index is 0.00169. The van der Waals surface area contributed by atoms with Crippen molar-refractivity contribution in [3.8, 4) is 0 Å². The van der Waals surface area contributed by atoms with Crippen LogP contribution in [0.5, 0.6) is 0 Å². The minimum Gasteiger partial charge on any atom is -0.398 e. The van der Waals surface area contributed by atoms with Crippen molar-refractivity contribution in [2.24, 2.45) is 11.8 Å². The van der Waals surface area contributed by atoms with Crippen molar-refractivity contribution in [3.05, 3.63) is 29.8 Å². The Bertz CT molecular complexity index is 694. The Morgan fingerprint density at radius 3 is 2.18 bits per heavy atom. The molecule has 5 rings (SSSR count). The number of carbonyl (C=O) groups excluding carboxylic acids is 1. The first-order chi connectivity index (χ1) is 13.7. The molecule has 28 heavy (non-hydrogen) atoms. The molecule has 2 saturated heterocycles. The average molecular weight is 382 g/mol. The van der Waals surface area contributed by atoms with E-state index in [4.69, 9.17) is 5.73 Å². The van der Waals surface area contributed by atoms with Gasteiger partial charge in [-0.15, -0.1) is 0 Å². The molecule has 152 valence electrons. The molecular formula is C24H35N3O. The second-order valence-electron chi connectivity index (χ2n) is 9.94. The summed E-state index contributed by atoms with van der Waals surface area (Å²) in [4.78, 5) is 15.7. The first kappa shape index (κ1) is 18.5. The van der Waals surface area contributed by atoms with Gasteiger partial charge in [0.25, 0.3) is 5.91 Å². The number of hydrogen-bond acceptors (Lipinski definition) is 3. The summed E-state index contributed by atoms with van der Waals surface area (Å²) in [5.74, 6) is 1.97. The molecule has 4 atom stereocenters. The summed E-state index contributed by atoms with van der Waals surface area (Å²) in [5, 5.41) is 3.32. The monoisotopic (exact) mass is 381 g/mol. The smallest absolute Gasteiger partial charge is 0.253 e. The predicted molar refractivity (Wildman–Crippen MR) is 113 cm³/mol. The Kier molecular flexibility index (Phi) is 5.08. The molecule has 0 spiro atoms. The van der Waals surface area contributed by atoms with E-state index in [1.54, 1.807) is 0 Å². The Morgan fingerprint density at radius 2 is 1.50 bits per heavy atom. The van der Waals surface area contributed by atoms with Crippen LogP contribution in [-0.4, -0.2) is 35.0 Å². The molecule has 1 aromatic rings. The summed E-state index contributed by atoms with van der Waals surface area (Å²) < 4.78 is 0. The maximum absolute atomic E-state index is 12.8. The van der Waals surface area contributed by atoms with Gasteiger partial charge in [0, 0.05) is 29.9 Å². The predicted octanol–water partition coefficient (Wildman–Crippen LogP) is 4.35. The maximum atomic E-state index is 12.8. The lowest BCUT2D eigenvalue weighted by molar-refractivity contribution is -0.0431. The van der Waals surface area contributed by atoms with Gasteiger partial charge in [0.1, 0.15) is 0 Å². The summed E-state index contributed by atoms with van der Waals surface area (Å²) in [7, 11) is 0. The van der Waals surface area contributed by atoms with E-state index >= 15 is 0 Å². The van der Waals surface area contributed by atoms with Gasteiger partial charge < -0.3 is 11.1 Å². The molecule has 4 nitrogen and oxygen atoms in total. The van der Waals surface area contributed by atoms with Crippen LogP contribution in [0, 0.1) is 11.8 Å². The zero-order valence-corrected chi connectivity index (χ0v) is 17.0. The van der Waals surface area contributed by atoms with Gasteiger partial charge in [-0.1, -0.05) is 37.8 Å². The lowest BCUT2D eigenvalue weighted by Crippen LogP contribution is -2.61. The average Bonchev–Trinajstić information content (AvgIpc) is 2.67. The van der Waals surface area contributed by atoms with Crippen LogP contribution in [-0.2, 0) is 0 Å². The zero-order chi connectivity index (χ0) is 19.1. The number of nitrogens with zero attached hydrogens (tertiary/aromatic N) is 1. The number of benzene rings is 1. The highest BCUT2D eigenvalue weighted by atomic mass is 16.1. The first-order valence-corrected chi connectivity index (χ1v) is 11.6. The molecule has 4 fully saturated rings. The van der Waals surface area contributed by atoms with Gasteiger partial charge in [-0.3, -0.25) is 9.69 Å². The lowest BCUT2D eigenvalue weighted by Gasteiger charge is -2.55. The van der Waals surface area contributed by atoms with Crippen molar-refractivity contribution >= 4 is 11.6 Å². The molecule has 2 heterocycles. The first-order valence-electron chi connectivity index (χ1n) is 11.6. The number of nitrogens with two attached hydrogens (primary N) is 1. The van der Waals surface area contributed by atoms with Crippen LogP contribution < -0.4 is 11.1 Å². The van der Waals surface area contributed by atoms with Crippen molar-refractivity contribution in [1.29, 1.82) is 0 Å². The summed E-state index contributed by atoms with van der Waals surface area (Å²) in [6, 6.07) is 9.84. The molecule has 2 aliphatic carbocycles. The van der Waals surface area contributed by atoms with Crippen LogP contribution >= 0.6 is 0 Å². The van der Waals surface area contributed by atoms with Crippen LogP contribution in [0.15, 0.2) is 24.3 Å². The molecule has 2 aliphatic heterocycles. The second-order valence-corrected chi connectivity index (χ2v) is 9.94. The van der Waals surface area contributed by atoms with Crippen molar-refractivity contribution in [2.45, 2.75) is 94.8 Å². The summed E-state index contributed by atoms with van der Waals surface area (Å²) in [5.41, 5.74) is 7.21. The van der Waals surface area contributed by atoms with Gasteiger partial charge in [-0.2, -0.15) is 0 Å². The molecule has 1 amide bonds. The Labute approximate surface area is 169 Å². The number of amides is 1. The molecule has 0 aromatic heterocycles. The Hall–Kier alpha value is -1.55. The van der Waals surface area contributed by atoms with E-state index in [1.807, 2.05) is 24.3 Å². The van der Waals surface area contributed by atoms with Gasteiger partial charge in [0.2, 0.25) is 0 Å². The number of carbonyl (C=O) groups is 1. The van der Waals surface area contributed by atoms with Crippen molar-refractivity contribution in [2.75, 3.05) is 5.73 Å². The van der Waals surface area contributed by atoms with Gasteiger partial charge in [-0.25, -0.2) is 0 Å². The van der Waals surface area contributed by atoms with Gasteiger partial charge >= 0.3 is 0 Å². The largest absolute Gasteiger partial charge is 0.398 e. The third kappa shape index (κ3) is 3.56. The third-order valence-electron chi connectivity index (χ3n) is 8.10. The topological polar surface area (TPSA) is 58.4 Å². The fourth-order valence-electron chi connectivity index (χ4n) is 7.04. The van der Waals surface area contributed by atoms with Crippen LogP contribution in [0.3, 0.4) is 0 Å². The summed E-state index contributed by atoms with van der Waals surface area (Å²) >= 11 is 0. The molecule has 1 aromatic carbocycles. The quantitative estimate of drug-likeness (QED) is 0.765. The summed E-state index contributed by atoms with van der Waals surface area (Å²) in [6.45, 7) is 0. The molecule has 0 radical (unpaired) electrons. The normalized spacial score (nSPS) is 38.0. The van der Waals surface area contributed by atoms with E-state index in [0.717, 1.165) is 30.7 Å². The van der Waals surface area contributed by atoms with Crippen LogP contribution in [0.2, 0.25) is 0 Å². The number of hydrogen-bond donors (Lipinski definition) is 2. The number of anilines is 1. The van der Waals surface area contributed by atoms with E-state index in [9.17, 15) is 4.79 Å². The third-order valence-corrected chi connectivity index (χ3v) is 8.10. The second kappa shape index (κ2) is 7.70. The zero-order valence-electron chi connectivity index (χ0n) is 17.0. The highest BCUT2D eigenvalue weighted by molar-refractivity contribution is 5.99. The number of nitrogens with one attached hydrogen (secondary N) is 1. The summed E-state index contributed by atoms with van der Waals surface area (Å²) in [6.07, 6.45) is 15.0. The highest BCUT2D eigenvalue weighted by Crippen LogP contribution is 2.45. The van der Waals surface area contributed by atoms with E-state index < -0.39 is 0 Å². The SMILES string of the molecule is Nc1ccccc1C(=O)NC1CC2CCCC(C1)N2C1CC2CCCC(C2)C1. The number of fused-ring (bicyclic) bond motifs is 4. The molecule has 3 N–H and O–H groups in total. The van der Waals surface area contributed by atoms with Crippen molar-refractivity contribution < 1.29 is 4.79 Å². The molecule has 2 saturated carbocycles. The van der Waals surface area contributed by atoms with Crippen LogP contribution in [0.1, 0.15) is 81.0 Å².